The number of halogens is 1. The molecular weight excluding hydrogens is 221 g/mol. The summed E-state index contributed by atoms with van der Waals surface area (Å²) in [7, 11) is 1.66. The van der Waals surface area contributed by atoms with Crippen molar-refractivity contribution in [1.29, 1.82) is 0 Å². The Morgan fingerprint density at radius 2 is 2.18 bits per heavy atom. The molecule has 1 aromatic rings. The zero-order valence-electron chi connectivity index (χ0n) is 10.6. The molecule has 0 radical (unpaired) electrons. The second kappa shape index (κ2) is 6.57. The number of rotatable bonds is 6. The third-order valence-corrected chi connectivity index (χ3v) is 2.85. The van der Waals surface area contributed by atoms with Crippen molar-refractivity contribution in [3.63, 3.8) is 0 Å². The average molecular weight is 241 g/mol. The summed E-state index contributed by atoms with van der Waals surface area (Å²) >= 11 is 0. The first-order valence-corrected chi connectivity index (χ1v) is 5.78. The lowest BCUT2D eigenvalue weighted by Crippen LogP contribution is -2.35. The number of benzene rings is 1. The Morgan fingerprint density at radius 1 is 1.47 bits per heavy atom. The quantitative estimate of drug-likeness (QED) is 0.830. The number of ether oxygens (including phenoxy) is 1. The molecule has 0 spiro atoms. The molecule has 1 aromatic carbocycles. The van der Waals surface area contributed by atoms with Crippen LogP contribution in [0.2, 0.25) is 0 Å². The zero-order valence-corrected chi connectivity index (χ0v) is 10.6. The molecule has 0 saturated carbocycles. The summed E-state index contributed by atoms with van der Waals surface area (Å²) in [6.45, 7) is 6.03. The number of phenols is 1. The van der Waals surface area contributed by atoms with Gasteiger partial charge in [0.15, 0.2) is 0 Å². The van der Waals surface area contributed by atoms with Gasteiger partial charge in [-0.25, -0.2) is 4.39 Å². The first kappa shape index (κ1) is 13.9. The molecule has 1 atom stereocenters. The van der Waals surface area contributed by atoms with E-state index < -0.39 is 0 Å². The summed E-state index contributed by atoms with van der Waals surface area (Å²) < 4.78 is 18.2. The standard InChI is InChI=1S/C13H20FNO2/c1-4-15(10(2)9-17-3)8-11-7-12(14)5-6-13(11)16/h5-7,10,16H,4,8-9H2,1-3H3. The Morgan fingerprint density at radius 3 is 2.76 bits per heavy atom. The number of nitrogens with zero attached hydrogens (tertiary/aromatic N) is 1. The van der Waals surface area contributed by atoms with Gasteiger partial charge in [0.2, 0.25) is 0 Å². The van der Waals surface area contributed by atoms with Gasteiger partial charge in [0.05, 0.1) is 6.61 Å². The van der Waals surface area contributed by atoms with E-state index in [0.717, 1.165) is 6.54 Å². The highest BCUT2D eigenvalue weighted by molar-refractivity contribution is 5.32. The van der Waals surface area contributed by atoms with Crippen molar-refractivity contribution in [3.05, 3.63) is 29.6 Å². The maximum Gasteiger partial charge on any atom is 0.123 e. The predicted octanol–water partition coefficient (Wildman–Crippen LogP) is 2.39. The molecule has 17 heavy (non-hydrogen) atoms. The Balaban J connectivity index is 2.76. The minimum absolute atomic E-state index is 0.134. The molecular formula is C13H20FNO2. The van der Waals surface area contributed by atoms with E-state index in [4.69, 9.17) is 4.74 Å². The molecule has 0 aliphatic carbocycles. The molecule has 0 aliphatic heterocycles. The van der Waals surface area contributed by atoms with E-state index in [1.165, 1.54) is 18.2 Å². The number of methoxy groups -OCH3 is 1. The van der Waals surface area contributed by atoms with E-state index in [2.05, 4.69) is 4.90 Å². The molecule has 0 bridgehead atoms. The molecule has 1 rings (SSSR count). The first-order chi connectivity index (χ1) is 8.08. The van der Waals surface area contributed by atoms with Gasteiger partial charge in [-0.1, -0.05) is 6.92 Å². The molecule has 0 heterocycles. The van der Waals surface area contributed by atoms with Crippen LogP contribution in [0.1, 0.15) is 19.4 Å². The fourth-order valence-corrected chi connectivity index (χ4v) is 1.83. The van der Waals surface area contributed by atoms with Gasteiger partial charge in [0, 0.05) is 25.3 Å². The monoisotopic (exact) mass is 241 g/mol. The molecule has 0 aliphatic rings. The van der Waals surface area contributed by atoms with E-state index in [1.54, 1.807) is 7.11 Å². The average Bonchev–Trinajstić information content (AvgIpc) is 2.30. The third kappa shape index (κ3) is 3.98. The predicted molar refractivity (Wildman–Crippen MR) is 65.5 cm³/mol. The van der Waals surface area contributed by atoms with Gasteiger partial charge < -0.3 is 9.84 Å². The Kier molecular flexibility index (Phi) is 5.38. The normalized spacial score (nSPS) is 13.0. The van der Waals surface area contributed by atoms with E-state index in [-0.39, 0.29) is 17.6 Å². The summed E-state index contributed by atoms with van der Waals surface area (Å²) in [4.78, 5) is 2.12. The minimum atomic E-state index is -0.326. The van der Waals surface area contributed by atoms with Crippen molar-refractivity contribution in [2.24, 2.45) is 0 Å². The lowest BCUT2D eigenvalue weighted by molar-refractivity contribution is 0.0976. The van der Waals surface area contributed by atoms with Crippen molar-refractivity contribution >= 4 is 0 Å². The van der Waals surface area contributed by atoms with Crippen LogP contribution >= 0.6 is 0 Å². The number of hydrogen-bond donors (Lipinski definition) is 1. The van der Waals surface area contributed by atoms with Gasteiger partial charge in [0.1, 0.15) is 11.6 Å². The Labute approximate surface area is 102 Å². The SMILES string of the molecule is CCN(Cc1cc(F)ccc1O)C(C)COC. The maximum atomic E-state index is 13.1. The number of likely N-dealkylation sites (N-methyl/N-ethyl adjacent to an activating group) is 1. The smallest absolute Gasteiger partial charge is 0.123 e. The third-order valence-electron chi connectivity index (χ3n) is 2.85. The summed E-state index contributed by atoms with van der Waals surface area (Å²) in [5, 5.41) is 9.67. The van der Waals surface area contributed by atoms with E-state index in [0.29, 0.717) is 18.7 Å². The first-order valence-electron chi connectivity index (χ1n) is 5.78. The summed E-state index contributed by atoms with van der Waals surface area (Å²) in [6, 6.07) is 4.25. The molecule has 1 unspecified atom stereocenters. The molecule has 4 heteroatoms. The van der Waals surface area contributed by atoms with Crippen LogP contribution in [0, 0.1) is 5.82 Å². The van der Waals surface area contributed by atoms with E-state index >= 15 is 0 Å². The van der Waals surface area contributed by atoms with Gasteiger partial charge in [-0.2, -0.15) is 0 Å². The van der Waals surface area contributed by atoms with Gasteiger partial charge in [-0.15, -0.1) is 0 Å². The van der Waals surface area contributed by atoms with E-state index in [9.17, 15) is 9.50 Å². The molecule has 0 saturated heterocycles. The van der Waals surface area contributed by atoms with Crippen LogP contribution in [-0.2, 0) is 11.3 Å². The van der Waals surface area contributed by atoms with Crippen LogP contribution < -0.4 is 0 Å². The van der Waals surface area contributed by atoms with Crippen LogP contribution in [0.4, 0.5) is 4.39 Å². The highest BCUT2D eigenvalue weighted by Gasteiger charge is 2.14. The summed E-state index contributed by atoms with van der Waals surface area (Å²) in [6.07, 6.45) is 0. The van der Waals surface area contributed by atoms with Gasteiger partial charge in [0.25, 0.3) is 0 Å². The molecule has 0 aromatic heterocycles. The van der Waals surface area contributed by atoms with Gasteiger partial charge in [-0.3, -0.25) is 4.90 Å². The largest absolute Gasteiger partial charge is 0.508 e. The summed E-state index contributed by atoms with van der Waals surface area (Å²) in [5.41, 5.74) is 0.606. The van der Waals surface area contributed by atoms with Crippen molar-refractivity contribution < 1.29 is 14.2 Å². The van der Waals surface area contributed by atoms with Crippen LogP contribution in [0.15, 0.2) is 18.2 Å². The van der Waals surface area contributed by atoms with Crippen molar-refractivity contribution in [1.82, 2.24) is 4.90 Å². The Bertz CT molecular complexity index is 357. The maximum absolute atomic E-state index is 13.1. The number of aromatic hydroxyl groups is 1. The molecule has 0 amide bonds. The molecule has 1 N–H and O–H groups in total. The number of hydrogen-bond acceptors (Lipinski definition) is 3. The van der Waals surface area contributed by atoms with Crippen LogP contribution in [-0.4, -0.2) is 36.3 Å². The lowest BCUT2D eigenvalue weighted by Gasteiger charge is -2.27. The topological polar surface area (TPSA) is 32.7 Å². The molecule has 0 fully saturated rings. The molecule has 3 nitrogen and oxygen atoms in total. The second-order valence-corrected chi connectivity index (χ2v) is 4.14. The van der Waals surface area contributed by atoms with Crippen molar-refractivity contribution in [2.45, 2.75) is 26.4 Å². The lowest BCUT2D eigenvalue weighted by atomic mass is 10.1. The Hall–Kier alpha value is -1.13. The van der Waals surface area contributed by atoms with Crippen molar-refractivity contribution in [3.8, 4) is 5.75 Å². The highest BCUT2D eigenvalue weighted by Crippen LogP contribution is 2.20. The van der Waals surface area contributed by atoms with Crippen LogP contribution in [0.25, 0.3) is 0 Å². The van der Waals surface area contributed by atoms with Gasteiger partial charge in [-0.05, 0) is 31.7 Å². The molecule has 96 valence electrons. The van der Waals surface area contributed by atoms with Crippen molar-refractivity contribution in [2.75, 3.05) is 20.3 Å². The van der Waals surface area contributed by atoms with Crippen LogP contribution in [0.3, 0.4) is 0 Å². The zero-order chi connectivity index (χ0) is 12.8. The summed E-state index contributed by atoms with van der Waals surface area (Å²) in [5.74, 6) is -0.192. The fourth-order valence-electron chi connectivity index (χ4n) is 1.83. The highest BCUT2D eigenvalue weighted by atomic mass is 19.1. The van der Waals surface area contributed by atoms with Crippen LogP contribution in [0.5, 0.6) is 5.75 Å². The van der Waals surface area contributed by atoms with E-state index in [1.807, 2.05) is 13.8 Å². The minimum Gasteiger partial charge on any atom is -0.508 e. The number of phenolic OH excluding ortho intramolecular Hbond substituents is 1. The van der Waals surface area contributed by atoms with Gasteiger partial charge >= 0.3 is 0 Å². The fraction of sp³-hybridized carbons (Fsp3) is 0.538. The second-order valence-electron chi connectivity index (χ2n) is 4.14.